The second kappa shape index (κ2) is 7.14. The summed E-state index contributed by atoms with van der Waals surface area (Å²) in [5.41, 5.74) is 2.78. The first-order valence-electron chi connectivity index (χ1n) is 6.63. The number of methoxy groups -OCH3 is 2. The Hall–Kier alpha value is -2.00. The van der Waals surface area contributed by atoms with Gasteiger partial charge in [0.15, 0.2) is 0 Å². The third-order valence-electron chi connectivity index (χ3n) is 3.31. The van der Waals surface area contributed by atoms with E-state index in [1.807, 2.05) is 36.4 Å². The summed E-state index contributed by atoms with van der Waals surface area (Å²) in [6.45, 7) is 0. The molecule has 4 heteroatoms. The highest BCUT2D eigenvalue weighted by atomic mass is 35.5. The second-order valence-corrected chi connectivity index (χ2v) is 5.05. The first kappa shape index (κ1) is 15.4. The molecule has 3 nitrogen and oxygen atoms in total. The summed E-state index contributed by atoms with van der Waals surface area (Å²) in [5.74, 6) is 0.479. The minimum absolute atomic E-state index is 0.257. The fourth-order valence-corrected chi connectivity index (χ4v) is 2.29. The van der Waals surface area contributed by atoms with Crippen molar-refractivity contribution in [3.63, 3.8) is 0 Å². The molecule has 0 bridgehead atoms. The molecule has 1 aromatic rings. The van der Waals surface area contributed by atoms with Crippen molar-refractivity contribution in [2.24, 2.45) is 0 Å². The Balaban J connectivity index is 2.10. The Kier molecular flexibility index (Phi) is 5.23. The van der Waals surface area contributed by atoms with E-state index >= 15 is 0 Å². The average molecular weight is 305 g/mol. The van der Waals surface area contributed by atoms with Gasteiger partial charge in [-0.05, 0) is 42.2 Å². The van der Waals surface area contributed by atoms with Gasteiger partial charge in [0.1, 0.15) is 5.75 Å². The molecule has 0 aliphatic heterocycles. The molecule has 1 aliphatic carbocycles. The first-order valence-corrected chi connectivity index (χ1v) is 7.01. The molecule has 1 aromatic carbocycles. The van der Waals surface area contributed by atoms with Crippen LogP contribution in [-0.2, 0) is 9.53 Å². The molecule has 0 atom stereocenters. The van der Waals surface area contributed by atoms with E-state index in [2.05, 4.69) is 0 Å². The van der Waals surface area contributed by atoms with E-state index in [-0.39, 0.29) is 5.97 Å². The Morgan fingerprint density at radius 3 is 2.57 bits per heavy atom. The van der Waals surface area contributed by atoms with E-state index in [4.69, 9.17) is 21.1 Å². The van der Waals surface area contributed by atoms with E-state index in [0.29, 0.717) is 17.0 Å². The van der Waals surface area contributed by atoms with Crippen LogP contribution in [0.4, 0.5) is 0 Å². The van der Waals surface area contributed by atoms with Crippen molar-refractivity contribution in [3.05, 3.63) is 58.2 Å². The monoisotopic (exact) mass is 304 g/mol. The van der Waals surface area contributed by atoms with Crippen molar-refractivity contribution >= 4 is 23.6 Å². The van der Waals surface area contributed by atoms with Crippen molar-refractivity contribution in [1.29, 1.82) is 0 Å². The van der Waals surface area contributed by atoms with Crippen LogP contribution in [0.15, 0.2) is 47.6 Å². The predicted octanol–water partition coefficient (Wildman–Crippen LogP) is 4.18. The lowest BCUT2D eigenvalue weighted by Crippen LogP contribution is -2.06. The molecule has 0 unspecified atom stereocenters. The van der Waals surface area contributed by atoms with Crippen LogP contribution in [0.5, 0.6) is 5.75 Å². The van der Waals surface area contributed by atoms with Crippen LogP contribution in [0.1, 0.15) is 18.4 Å². The summed E-state index contributed by atoms with van der Waals surface area (Å²) in [6.07, 6.45) is 9.22. The van der Waals surface area contributed by atoms with Crippen molar-refractivity contribution in [1.82, 2.24) is 0 Å². The van der Waals surface area contributed by atoms with Crippen LogP contribution in [0.25, 0.3) is 6.08 Å². The Morgan fingerprint density at radius 1 is 1.19 bits per heavy atom. The molecule has 1 aliphatic rings. The molecule has 110 valence electrons. The van der Waals surface area contributed by atoms with Crippen LogP contribution < -0.4 is 4.74 Å². The average Bonchev–Trinajstić information content (AvgIpc) is 2.53. The zero-order valence-corrected chi connectivity index (χ0v) is 12.8. The van der Waals surface area contributed by atoms with Crippen LogP contribution in [-0.4, -0.2) is 20.2 Å². The number of rotatable bonds is 4. The van der Waals surface area contributed by atoms with Crippen LogP contribution in [0, 0.1) is 0 Å². The van der Waals surface area contributed by atoms with Crippen molar-refractivity contribution in [2.75, 3.05) is 14.2 Å². The normalized spacial score (nSPS) is 14.6. The molecule has 0 spiro atoms. The van der Waals surface area contributed by atoms with E-state index in [9.17, 15) is 4.79 Å². The first-order chi connectivity index (χ1) is 10.1. The molecule has 0 heterocycles. The van der Waals surface area contributed by atoms with E-state index in [0.717, 1.165) is 23.3 Å². The van der Waals surface area contributed by atoms with Crippen LogP contribution in [0.2, 0.25) is 5.02 Å². The number of hydrogen-bond acceptors (Lipinski definition) is 3. The Bertz CT molecular complexity index is 627. The second-order valence-electron chi connectivity index (χ2n) is 4.65. The number of carbonyl (C=O) groups is 1. The Morgan fingerprint density at radius 2 is 2.00 bits per heavy atom. The molecule has 0 saturated heterocycles. The topological polar surface area (TPSA) is 35.5 Å². The summed E-state index contributed by atoms with van der Waals surface area (Å²) in [5, 5.41) is 0.646. The highest BCUT2D eigenvalue weighted by Crippen LogP contribution is 2.25. The minimum atomic E-state index is -0.257. The molecule has 0 aromatic heterocycles. The highest BCUT2D eigenvalue weighted by molar-refractivity contribution is 6.32. The molecule has 2 rings (SSSR count). The number of carbonyl (C=O) groups excluding carboxylic acids is 1. The molecule has 0 saturated carbocycles. The maximum absolute atomic E-state index is 11.4. The lowest BCUT2D eigenvalue weighted by atomic mass is 9.97. The highest BCUT2D eigenvalue weighted by Gasteiger charge is 2.12. The lowest BCUT2D eigenvalue weighted by molar-refractivity contribution is -0.136. The number of benzene rings is 1. The van der Waals surface area contributed by atoms with Crippen molar-refractivity contribution in [2.45, 2.75) is 12.8 Å². The molecule has 0 N–H and O–H groups in total. The fraction of sp³-hybridized carbons (Fsp3) is 0.235. The SMILES string of the molecule is COC(=O)C1=CC=C(/C=C/c2ccc(OC)cc2Cl)CC1. The molecule has 0 amide bonds. The molecule has 0 radical (unpaired) electrons. The van der Waals surface area contributed by atoms with Crippen molar-refractivity contribution < 1.29 is 14.3 Å². The molecule has 0 fully saturated rings. The lowest BCUT2D eigenvalue weighted by Gasteiger charge is -2.10. The summed E-state index contributed by atoms with van der Waals surface area (Å²) in [4.78, 5) is 11.4. The number of ether oxygens (including phenoxy) is 2. The van der Waals surface area contributed by atoms with Crippen LogP contribution >= 0.6 is 11.6 Å². The molecule has 21 heavy (non-hydrogen) atoms. The van der Waals surface area contributed by atoms with Crippen LogP contribution in [0.3, 0.4) is 0 Å². The largest absolute Gasteiger partial charge is 0.497 e. The molecular weight excluding hydrogens is 288 g/mol. The number of allylic oxidation sites excluding steroid dienone is 4. The zero-order valence-electron chi connectivity index (χ0n) is 12.1. The Labute approximate surface area is 129 Å². The third kappa shape index (κ3) is 3.99. The summed E-state index contributed by atoms with van der Waals surface area (Å²) in [7, 11) is 3.01. The van der Waals surface area contributed by atoms with Gasteiger partial charge >= 0.3 is 5.97 Å². The standard InChI is InChI=1S/C17H17ClO3/c1-20-15-10-9-13(16(18)11-15)6-3-12-4-7-14(8-5-12)17(19)21-2/h3-4,6-7,9-11H,5,8H2,1-2H3/b6-3+. The maximum Gasteiger partial charge on any atom is 0.333 e. The van der Waals surface area contributed by atoms with Gasteiger partial charge in [0.05, 0.1) is 19.2 Å². The third-order valence-corrected chi connectivity index (χ3v) is 3.64. The van der Waals surface area contributed by atoms with Crippen molar-refractivity contribution in [3.8, 4) is 5.75 Å². The summed E-state index contributed by atoms with van der Waals surface area (Å²) >= 11 is 6.19. The van der Waals surface area contributed by atoms with E-state index < -0.39 is 0 Å². The van der Waals surface area contributed by atoms with E-state index in [1.54, 1.807) is 13.2 Å². The number of hydrogen-bond donors (Lipinski definition) is 0. The smallest absolute Gasteiger partial charge is 0.333 e. The minimum Gasteiger partial charge on any atom is -0.497 e. The van der Waals surface area contributed by atoms with Gasteiger partial charge in [-0.25, -0.2) is 4.79 Å². The van der Waals surface area contributed by atoms with Gasteiger partial charge in [0.25, 0.3) is 0 Å². The predicted molar refractivity (Wildman–Crippen MR) is 84.5 cm³/mol. The van der Waals surface area contributed by atoms with Gasteiger partial charge < -0.3 is 9.47 Å². The number of esters is 1. The summed E-state index contributed by atoms with van der Waals surface area (Å²) in [6, 6.07) is 5.57. The quantitative estimate of drug-likeness (QED) is 0.783. The van der Waals surface area contributed by atoms with Gasteiger partial charge in [-0.2, -0.15) is 0 Å². The zero-order chi connectivity index (χ0) is 15.2. The summed E-state index contributed by atoms with van der Waals surface area (Å²) < 4.78 is 9.83. The van der Waals surface area contributed by atoms with Gasteiger partial charge in [-0.3, -0.25) is 0 Å². The maximum atomic E-state index is 11.4. The van der Waals surface area contributed by atoms with Gasteiger partial charge in [-0.1, -0.05) is 35.9 Å². The van der Waals surface area contributed by atoms with Gasteiger partial charge in [-0.15, -0.1) is 0 Å². The van der Waals surface area contributed by atoms with Gasteiger partial charge in [0.2, 0.25) is 0 Å². The molecular formula is C17H17ClO3. The number of halogens is 1. The fourth-order valence-electron chi connectivity index (χ4n) is 2.06. The van der Waals surface area contributed by atoms with Gasteiger partial charge in [0, 0.05) is 5.57 Å². The van der Waals surface area contributed by atoms with E-state index in [1.165, 1.54) is 7.11 Å².